The monoisotopic (exact) mass is 312 g/mol. The molecule has 6 heteroatoms. The van der Waals surface area contributed by atoms with Crippen LogP contribution >= 0.6 is 0 Å². The van der Waals surface area contributed by atoms with Gasteiger partial charge in [-0.2, -0.15) is 5.26 Å². The van der Waals surface area contributed by atoms with Crippen LogP contribution in [0.2, 0.25) is 0 Å². The highest BCUT2D eigenvalue weighted by atomic mass is 16.5. The summed E-state index contributed by atoms with van der Waals surface area (Å²) in [6, 6.07) is 10.6. The SMILES string of the molecule is CCn1c(O)c(C(=O)COc2ccccc2)c(C)c(C#N)c1=O. The number of rotatable bonds is 5. The Labute approximate surface area is 133 Å². The van der Waals surface area contributed by atoms with Crippen molar-refractivity contribution in [2.75, 3.05) is 6.61 Å². The van der Waals surface area contributed by atoms with Gasteiger partial charge in [-0.1, -0.05) is 18.2 Å². The summed E-state index contributed by atoms with van der Waals surface area (Å²) in [6.45, 7) is 2.96. The molecule has 0 saturated heterocycles. The van der Waals surface area contributed by atoms with E-state index in [0.717, 1.165) is 4.57 Å². The first-order chi connectivity index (χ1) is 11.0. The van der Waals surface area contributed by atoms with Crippen LogP contribution in [0.4, 0.5) is 0 Å². The molecule has 0 amide bonds. The van der Waals surface area contributed by atoms with E-state index >= 15 is 0 Å². The molecule has 0 radical (unpaired) electrons. The Morgan fingerprint density at radius 3 is 2.57 bits per heavy atom. The molecular weight excluding hydrogens is 296 g/mol. The summed E-state index contributed by atoms with van der Waals surface area (Å²) in [4.78, 5) is 24.5. The normalized spacial score (nSPS) is 10.1. The number of carbonyl (C=O) groups is 1. The van der Waals surface area contributed by atoms with Gasteiger partial charge in [0.05, 0.1) is 5.56 Å². The number of pyridine rings is 1. The molecule has 0 atom stereocenters. The number of nitrogens with zero attached hydrogens (tertiary/aromatic N) is 2. The quantitative estimate of drug-likeness (QED) is 0.853. The number of hydrogen-bond acceptors (Lipinski definition) is 5. The molecule has 2 aromatic rings. The number of nitriles is 1. The van der Waals surface area contributed by atoms with E-state index < -0.39 is 17.2 Å². The van der Waals surface area contributed by atoms with Gasteiger partial charge in [0.1, 0.15) is 17.4 Å². The van der Waals surface area contributed by atoms with E-state index in [2.05, 4.69) is 0 Å². The van der Waals surface area contributed by atoms with Crippen molar-refractivity contribution in [3.8, 4) is 17.7 Å². The Hall–Kier alpha value is -3.07. The van der Waals surface area contributed by atoms with Crippen LogP contribution in [0.25, 0.3) is 0 Å². The lowest BCUT2D eigenvalue weighted by molar-refractivity contribution is 0.0916. The number of hydrogen-bond donors (Lipinski definition) is 1. The molecule has 6 nitrogen and oxygen atoms in total. The van der Waals surface area contributed by atoms with Crippen LogP contribution in [-0.4, -0.2) is 22.1 Å². The fraction of sp³-hybridized carbons (Fsp3) is 0.235. The highest BCUT2D eigenvalue weighted by Crippen LogP contribution is 2.22. The van der Waals surface area contributed by atoms with Gasteiger partial charge in [-0.15, -0.1) is 0 Å². The zero-order chi connectivity index (χ0) is 17.0. The molecule has 1 aromatic heterocycles. The molecule has 118 valence electrons. The molecule has 2 rings (SSSR count). The Balaban J connectivity index is 2.41. The van der Waals surface area contributed by atoms with E-state index in [9.17, 15) is 14.7 Å². The predicted octanol–water partition coefficient (Wildman–Crippen LogP) is 2.02. The number of para-hydroxylation sites is 1. The third kappa shape index (κ3) is 3.09. The lowest BCUT2D eigenvalue weighted by atomic mass is 10.0. The van der Waals surface area contributed by atoms with Crippen molar-refractivity contribution in [1.82, 2.24) is 4.57 Å². The number of ether oxygens (including phenoxy) is 1. The van der Waals surface area contributed by atoms with Gasteiger partial charge in [-0.25, -0.2) is 0 Å². The summed E-state index contributed by atoms with van der Waals surface area (Å²) in [6.07, 6.45) is 0. The summed E-state index contributed by atoms with van der Waals surface area (Å²) in [5.41, 5.74) is -0.640. The lowest BCUT2D eigenvalue weighted by Crippen LogP contribution is -2.27. The van der Waals surface area contributed by atoms with Crippen molar-refractivity contribution in [2.24, 2.45) is 0 Å². The van der Waals surface area contributed by atoms with Crippen LogP contribution in [0.3, 0.4) is 0 Å². The molecule has 0 aliphatic rings. The largest absolute Gasteiger partial charge is 0.494 e. The number of aromatic nitrogens is 1. The molecule has 0 saturated carbocycles. The summed E-state index contributed by atoms with van der Waals surface area (Å²) >= 11 is 0. The molecule has 0 spiro atoms. The molecule has 0 bridgehead atoms. The number of carbonyl (C=O) groups excluding carboxylic acids is 1. The summed E-state index contributed by atoms with van der Waals surface area (Å²) in [5, 5.41) is 19.4. The second-order valence-electron chi connectivity index (χ2n) is 4.88. The molecule has 0 fully saturated rings. The first-order valence-electron chi connectivity index (χ1n) is 7.08. The first-order valence-corrected chi connectivity index (χ1v) is 7.08. The van der Waals surface area contributed by atoms with E-state index in [0.29, 0.717) is 5.75 Å². The molecule has 0 aliphatic heterocycles. The molecule has 0 aliphatic carbocycles. The fourth-order valence-corrected chi connectivity index (χ4v) is 2.32. The van der Waals surface area contributed by atoms with Gasteiger partial charge in [0, 0.05) is 6.54 Å². The standard InChI is InChI=1S/C17H16N2O4/c1-3-19-16(21)13(9-18)11(2)15(17(19)22)14(20)10-23-12-7-5-4-6-8-12/h4-8,22H,3,10H2,1-2H3. The van der Waals surface area contributed by atoms with E-state index in [1.165, 1.54) is 6.92 Å². The minimum Gasteiger partial charge on any atom is -0.494 e. The first kappa shape index (κ1) is 16.3. The van der Waals surface area contributed by atoms with Gasteiger partial charge in [0.15, 0.2) is 6.61 Å². The van der Waals surface area contributed by atoms with Gasteiger partial charge >= 0.3 is 0 Å². The van der Waals surface area contributed by atoms with Crippen LogP contribution in [0, 0.1) is 18.3 Å². The Kier molecular flexibility index (Phi) is 4.82. The van der Waals surface area contributed by atoms with Crippen molar-refractivity contribution in [2.45, 2.75) is 20.4 Å². The average molecular weight is 312 g/mol. The maximum Gasteiger partial charge on any atom is 0.271 e. The van der Waals surface area contributed by atoms with Gasteiger partial charge in [0.25, 0.3) is 5.56 Å². The van der Waals surface area contributed by atoms with E-state index in [-0.39, 0.29) is 29.8 Å². The Morgan fingerprint density at radius 1 is 1.35 bits per heavy atom. The predicted molar refractivity (Wildman–Crippen MR) is 83.8 cm³/mol. The van der Waals surface area contributed by atoms with Crippen LogP contribution in [-0.2, 0) is 6.54 Å². The van der Waals surface area contributed by atoms with Crippen LogP contribution in [0.5, 0.6) is 11.6 Å². The molecule has 1 N–H and O–H groups in total. The molecule has 1 heterocycles. The zero-order valence-corrected chi connectivity index (χ0v) is 12.9. The van der Waals surface area contributed by atoms with Crippen LogP contribution in [0.1, 0.15) is 28.4 Å². The molecular formula is C17H16N2O4. The molecule has 0 unspecified atom stereocenters. The van der Waals surface area contributed by atoms with Crippen molar-refractivity contribution >= 4 is 5.78 Å². The Bertz CT molecular complexity index is 832. The molecule has 1 aromatic carbocycles. The maximum atomic E-state index is 12.4. The number of aromatic hydroxyl groups is 1. The number of Topliss-reactive ketones (excluding diaryl/α,β-unsaturated/α-hetero) is 1. The highest BCUT2D eigenvalue weighted by Gasteiger charge is 2.23. The summed E-state index contributed by atoms with van der Waals surface area (Å²) in [7, 11) is 0. The van der Waals surface area contributed by atoms with Crippen LogP contribution in [0.15, 0.2) is 35.1 Å². The zero-order valence-electron chi connectivity index (χ0n) is 12.9. The second-order valence-corrected chi connectivity index (χ2v) is 4.88. The summed E-state index contributed by atoms with van der Waals surface area (Å²) < 4.78 is 6.38. The van der Waals surface area contributed by atoms with Crippen molar-refractivity contribution in [1.29, 1.82) is 5.26 Å². The third-order valence-electron chi connectivity index (χ3n) is 3.51. The smallest absolute Gasteiger partial charge is 0.271 e. The van der Waals surface area contributed by atoms with E-state index in [4.69, 9.17) is 10.00 Å². The van der Waals surface area contributed by atoms with Crippen LogP contribution < -0.4 is 10.3 Å². The van der Waals surface area contributed by atoms with Gasteiger partial charge in [-0.3, -0.25) is 14.2 Å². The van der Waals surface area contributed by atoms with Crippen molar-refractivity contribution in [3.05, 3.63) is 57.4 Å². The molecule has 23 heavy (non-hydrogen) atoms. The number of ketones is 1. The average Bonchev–Trinajstić information content (AvgIpc) is 2.54. The van der Waals surface area contributed by atoms with Gasteiger partial charge < -0.3 is 9.84 Å². The minimum atomic E-state index is -0.606. The maximum absolute atomic E-state index is 12.4. The van der Waals surface area contributed by atoms with Gasteiger partial charge in [0.2, 0.25) is 11.7 Å². The minimum absolute atomic E-state index is 0.0565. The van der Waals surface area contributed by atoms with Gasteiger partial charge in [-0.05, 0) is 31.5 Å². The van der Waals surface area contributed by atoms with E-state index in [1.54, 1.807) is 37.3 Å². The fourth-order valence-electron chi connectivity index (χ4n) is 2.32. The number of benzene rings is 1. The second kappa shape index (κ2) is 6.79. The van der Waals surface area contributed by atoms with Crippen molar-refractivity contribution in [3.63, 3.8) is 0 Å². The third-order valence-corrected chi connectivity index (χ3v) is 3.51. The van der Waals surface area contributed by atoms with E-state index in [1.807, 2.05) is 6.07 Å². The lowest BCUT2D eigenvalue weighted by Gasteiger charge is -2.14. The van der Waals surface area contributed by atoms with Crippen molar-refractivity contribution < 1.29 is 14.6 Å². The summed E-state index contributed by atoms with van der Waals surface area (Å²) in [5.74, 6) is -0.416. The highest BCUT2D eigenvalue weighted by molar-refractivity contribution is 6.01. The topological polar surface area (TPSA) is 92.3 Å². The Morgan fingerprint density at radius 2 is 2.00 bits per heavy atom.